The van der Waals surface area contributed by atoms with Gasteiger partial charge in [-0.25, -0.2) is 15.9 Å². The summed E-state index contributed by atoms with van der Waals surface area (Å²) in [6, 6.07) is 14.7. The second-order valence-electron chi connectivity index (χ2n) is 5.21. The van der Waals surface area contributed by atoms with Gasteiger partial charge in [0.15, 0.2) is 5.75 Å². The molecule has 128 valence electrons. The first kappa shape index (κ1) is 19.9. The van der Waals surface area contributed by atoms with E-state index in [1.807, 2.05) is 30.3 Å². The lowest BCUT2D eigenvalue weighted by Crippen LogP contribution is -2.25. The molecule has 0 aliphatic carbocycles. The number of carboxylic acids is 1. The second-order valence-corrected chi connectivity index (χ2v) is 6.30. The van der Waals surface area contributed by atoms with Crippen molar-refractivity contribution in [3.63, 3.8) is 0 Å². The average molecular weight is 348 g/mol. The fraction of sp³-hybridized carbons (Fsp3) is 0.222. The van der Waals surface area contributed by atoms with Crippen LogP contribution in [0, 0.1) is 5.82 Å². The molecule has 0 saturated heterocycles. The van der Waals surface area contributed by atoms with Gasteiger partial charge in [0, 0.05) is 17.5 Å². The topological polar surface area (TPSA) is 92.2 Å². The highest BCUT2D eigenvalue weighted by molar-refractivity contribution is 7.78. The first-order chi connectivity index (χ1) is 11.3. The third-order valence-electron chi connectivity index (χ3n) is 3.16. The molecular weight excluding hydrogens is 327 g/mol. The third-order valence-corrected chi connectivity index (χ3v) is 4.16. The molecule has 0 saturated carbocycles. The van der Waals surface area contributed by atoms with E-state index in [0.29, 0.717) is 16.6 Å². The van der Waals surface area contributed by atoms with Gasteiger partial charge in [-0.3, -0.25) is 0 Å². The number of hydrogen-bond acceptors (Lipinski definition) is 2. The molecule has 0 amide bonds. The summed E-state index contributed by atoms with van der Waals surface area (Å²) in [6.45, 7) is 3.09. The number of carboxylic acid groups (broad SMARTS) is 1. The molecule has 0 radical (unpaired) electrons. The monoisotopic (exact) mass is 348 g/mol. The Kier molecular flexibility index (Phi) is 8.18. The largest absolute Gasteiger partial charge is 0.550 e. The zero-order valence-corrected chi connectivity index (χ0v) is 14.5. The fourth-order valence-electron chi connectivity index (χ4n) is 2.00. The molecule has 2 aromatic rings. The predicted molar refractivity (Wildman–Crippen MR) is 96.5 cm³/mol. The summed E-state index contributed by atoms with van der Waals surface area (Å²) in [5.41, 5.74) is 13.6. The minimum Gasteiger partial charge on any atom is -0.550 e. The zero-order valence-electron chi connectivity index (χ0n) is 13.7. The lowest BCUT2D eigenvalue weighted by molar-refractivity contribution is -0.302. The van der Waals surface area contributed by atoms with Crippen molar-refractivity contribution >= 4 is 22.4 Å². The van der Waals surface area contributed by atoms with E-state index in [9.17, 15) is 4.39 Å². The highest BCUT2D eigenvalue weighted by Crippen LogP contribution is 2.24. The molecule has 24 heavy (non-hydrogen) atoms. The van der Waals surface area contributed by atoms with Crippen LogP contribution in [0.5, 0.6) is 0 Å². The van der Waals surface area contributed by atoms with E-state index in [4.69, 9.17) is 21.4 Å². The second kappa shape index (κ2) is 9.87. The summed E-state index contributed by atoms with van der Waals surface area (Å²) in [5, 5.41) is 9.28. The standard InChI is InChI=1S/C16H18FN2S.C2H4O2/c1-11(10-20-16(18)19)12-6-8-13(9-7-12)14-4-2-3-5-15(14)17;1-2(3)4/h2-9,11H,10,18-19H2,1H3;1H3,(H,3,4)/q+1;/p-1. The Labute approximate surface area is 145 Å². The fourth-order valence-corrected chi connectivity index (χ4v) is 2.64. The molecule has 0 aliphatic rings. The molecule has 0 aliphatic heterocycles. The van der Waals surface area contributed by atoms with Crippen molar-refractivity contribution in [1.29, 1.82) is 0 Å². The van der Waals surface area contributed by atoms with Crippen LogP contribution >= 0.6 is 0 Å². The van der Waals surface area contributed by atoms with E-state index in [2.05, 4.69) is 6.92 Å². The Hall–Kier alpha value is -2.15. The molecule has 0 aromatic heterocycles. The Morgan fingerprint density at radius 3 is 2.21 bits per heavy atom. The number of carbonyl (C=O) groups excluding carboxylic acids is 1. The van der Waals surface area contributed by atoms with Crippen LogP contribution in [0.1, 0.15) is 25.3 Å². The van der Waals surface area contributed by atoms with Gasteiger partial charge in [0.05, 0.1) is 0 Å². The number of halogens is 1. The predicted octanol–water partition coefficient (Wildman–Crippen LogP) is 1.44. The number of rotatable bonds is 4. The number of hydrogen-bond donors (Lipinski definition) is 2. The molecule has 4 nitrogen and oxygen atoms in total. The van der Waals surface area contributed by atoms with Gasteiger partial charge in [0.25, 0.3) is 0 Å². The molecule has 0 fully saturated rings. The van der Waals surface area contributed by atoms with E-state index in [1.165, 1.54) is 23.0 Å². The van der Waals surface area contributed by atoms with E-state index in [0.717, 1.165) is 18.2 Å². The SMILES string of the molecule is CC(=O)[O-].CC(C[S+]=C(N)N)c1ccc(-c2ccccc2F)cc1. The third kappa shape index (κ3) is 6.95. The van der Waals surface area contributed by atoms with Crippen LogP contribution in [-0.4, -0.2) is 16.8 Å². The van der Waals surface area contributed by atoms with Gasteiger partial charge in [-0.15, -0.1) is 0 Å². The van der Waals surface area contributed by atoms with E-state index < -0.39 is 5.97 Å². The summed E-state index contributed by atoms with van der Waals surface area (Å²) in [4.78, 5) is 8.89. The minimum absolute atomic E-state index is 0.200. The molecule has 1 unspecified atom stereocenters. The maximum Gasteiger partial charge on any atom is 0.314 e. The summed E-state index contributed by atoms with van der Waals surface area (Å²) >= 11 is 1.45. The summed E-state index contributed by atoms with van der Waals surface area (Å²) in [5.74, 6) is -0.104. The molecule has 6 heteroatoms. The zero-order chi connectivity index (χ0) is 18.1. The maximum absolute atomic E-state index is 13.7. The van der Waals surface area contributed by atoms with Crippen molar-refractivity contribution in [3.05, 3.63) is 59.9 Å². The molecule has 0 spiro atoms. The molecule has 0 heterocycles. The number of carbonyl (C=O) groups is 1. The molecule has 4 N–H and O–H groups in total. The summed E-state index contributed by atoms with van der Waals surface area (Å²) in [6.07, 6.45) is 0. The Morgan fingerprint density at radius 2 is 1.71 bits per heavy atom. The van der Waals surface area contributed by atoms with Crippen LogP contribution in [0.2, 0.25) is 0 Å². The van der Waals surface area contributed by atoms with Crippen molar-refractivity contribution < 1.29 is 14.3 Å². The van der Waals surface area contributed by atoms with Gasteiger partial charge in [-0.1, -0.05) is 49.4 Å². The lowest BCUT2D eigenvalue weighted by Gasteiger charge is -2.07. The van der Waals surface area contributed by atoms with Gasteiger partial charge < -0.3 is 9.90 Å². The van der Waals surface area contributed by atoms with E-state index in [-0.39, 0.29) is 5.82 Å². The Bertz CT molecular complexity index is 694. The Morgan fingerprint density at radius 1 is 1.17 bits per heavy atom. The lowest BCUT2D eigenvalue weighted by atomic mass is 9.98. The summed E-state index contributed by atoms with van der Waals surface area (Å²) in [7, 11) is 0. The van der Waals surface area contributed by atoms with Crippen molar-refractivity contribution in [2.45, 2.75) is 19.8 Å². The van der Waals surface area contributed by atoms with Crippen LogP contribution in [0.15, 0.2) is 48.5 Å². The number of benzene rings is 2. The van der Waals surface area contributed by atoms with Crippen LogP contribution in [0.4, 0.5) is 4.39 Å². The minimum atomic E-state index is -1.08. The maximum atomic E-state index is 13.7. The summed E-state index contributed by atoms with van der Waals surface area (Å²) < 4.78 is 13.7. The van der Waals surface area contributed by atoms with Crippen molar-refractivity contribution in [1.82, 2.24) is 0 Å². The van der Waals surface area contributed by atoms with Gasteiger partial charge in [0.1, 0.15) is 5.82 Å². The quantitative estimate of drug-likeness (QED) is 0.646. The normalized spacial score (nSPS) is 11.0. The molecule has 2 rings (SSSR count). The first-order valence-corrected chi connectivity index (χ1v) is 8.33. The molecular formula is C18H21FN2O2S. The van der Waals surface area contributed by atoms with Gasteiger partial charge in [-0.05, 0) is 24.1 Å². The first-order valence-electron chi connectivity index (χ1n) is 7.34. The Balaban J connectivity index is 0.000000648. The van der Waals surface area contributed by atoms with Crippen molar-refractivity contribution in [2.24, 2.45) is 11.5 Å². The van der Waals surface area contributed by atoms with Crippen molar-refractivity contribution in [2.75, 3.05) is 5.75 Å². The highest BCUT2D eigenvalue weighted by atomic mass is 32.1. The van der Waals surface area contributed by atoms with Crippen LogP contribution in [-0.2, 0) is 16.1 Å². The van der Waals surface area contributed by atoms with Gasteiger partial charge in [-0.2, -0.15) is 0 Å². The van der Waals surface area contributed by atoms with Crippen LogP contribution in [0.3, 0.4) is 0 Å². The van der Waals surface area contributed by atoms with Crippen LogP contribution in [0.25, 0.3) is 11.1 Å². The van der Waals surface area contributed by atoms with Gasteiger partial charge >= 0.3 is 5.11 Å². The molecule has 1 atom stereocenters. The van der Waals surface area contributed by atoms with E-state index >= 15 is 0 Å². The smallest absolute Gasteiger partial charge is 0.314 e. The molecule has 2 aromatic carbocycles. The number of nitrogens with two attached hydrogens (primary N) is 2. The number of aliphatic carboxylic acids is 1. The average Bonchev–Trinajstić information content (AvgIpc) is 2.53. The van der Waals surface area contributed by atoms with Crippen molar-refractivity contribution in [3.8, 4) is 11.1 Å². The van der Waals surface area contributed by atoms with E-state index in [1.54, 1.807) is 12.1 Å². The van der Waals surface area contributed by atoms with Gasteiger partial charge in [0.2, 0.25) is 11.4 Å². The highest BCUT2D eigenvalue weighted by Gasteiger charge is 2.12. The van der Waals surface area contributed by atoms with Crippen LogP contribution < -0.4 is 16.6 Å². The molecule has 0 bridgehead atoms.